The van der Waals surface area contributed by atoms with Crippen molar-refractivity contribution in [1.29, 1.82) is 0 Å². The highest BCUT2D eigenvalue weighted by Gasteiger charge is 2.47. The monoisotopic (exact) mass is 293 g/mol. The lowest BCUT2D eigenvalue weighted by Gasteiger charge is -2.46. The number of aliphatic hydroxyl groups excluding tert-OH is 1. The van der Waals surface area contributed by atoms with E-state index in [9.17, 15) is 9.50 Å². The minimum absolute atomic E-state index is 0.298. The molecule has 1 saturated carbocycles. The molecule has 1 atom stereocenters. The molecule has 1 N–H and O–H groups in total. The number of ether oxygens (including phenoxy) is 1. The molecule has 0 radical (unpaired) electrons. The summed E-state index contributed by atoms with van der Waals surface area (Å²) in [7, 11) is 0. The van der Waals surface area contributed by atoms with Gasteiger partial charge in [-0.3, -0.25) is 4.90 Å². The van der Waals surface area contributed by atoms with E-state index in [-0.39, 0.29) is 11.4 Å². The third-order valence-electron chi connectivity index (χ3n) is 5.07. The van der Waals surface area contributed by atoms with E-state index in [4.69, 9.17) is 4.74 Å². The predicted octanol–water partition coefficient (Wildman–Crippen LogP) is 2.81. The molecule has 1 aromatic carbocycles. The zero-order valence-electron chi connectivity index (χ0n) is 12.6. The second-order valence-electron chi connectivity index (χ2n) is 6.34. The number of nitrogens with zero attached hydrogens (tertiary/aromatic N) is 1. The summed E-state index contributed by atoms with van der Waals surface area (Å²) in [5, 5.41) is 11.0. The zero-order valence-corrected chi connectivity index (χ0v) is 12.6. The molecule has 21 heavy (non-hydrogen) atoms. The maximum Gasteiger partial charge on any atom is 0.129 e. The van der Waals surface area contributed by atoms with Gasteiger partial charge in [-0.15, -0.1) is 0 Å². The van der Waals surface area contributed by atoms with Crippen molar-refractivity contribution in [3.63, 3.8) is 0 Å². The van der Waals surface area contributed by atoms with Gasteiger partial charge in [0.1, 0.15) is 11.9 Å². The summed E-state index contributed by atoms with van der Waals surface area (Å²) in [5.74, 6) is -0.298. The van der Waals surface area contributed by atoms with Crippen LogP contribution in [-0.2, 0) is 4.74 Å². The van der Waals surface area contributed by atoms with E-state index in [1.807, 2.05) is 6.92 Å². The van der Waals surface area contributed by atoms with Crippen LogP contribution in [0.3, 0.4) is 0 Å². The highest BCUT2D eigenvalue weighted by molar-refractivity contribution is 5.29. The van der Waals surface area contributed by atoms with Crippen LogP contribution < -0.4 is 0 Å². The smallest absolute Gasteiger partial charge is 0.129 e. The van der Waals surface area contributed by atoms with Crippen LogP contribution >= 0.6 is 0 Å². The minimum atomic E-state index is -0.766. The van der Waals surface area contributed by atoms with Gasteiger partial charge >= 0.3 is 0 Å². The fourth-order valence-electron chi connectivity index (χ4n) is 3.92. The van der Waals surface area contributed by atoms with Crippen molar-refractivity contribution < 1.29 is 14.2 Å². The normalized spacial score (nSPS) is 24.1. The highest BCUT2D eigenvalue weighted by atomic mass is 19.1. The number of rotatable bonds is 3. The fraction of sp³-hybridized carbons (Fsp3) is 0.647. The number of aliphatic hydroxyl groups is 1. The Bertz CT molecular complexity index is 494. The van der Waals surface area contributed by atoms with Crippen molar-refractivity contribution in [2.45, 2.75) is 44.2 Å². The van der Waals surface area contributed by atoms with E-state index in [2.05, 4.69) is 4.90 Å². The molecule has 1 saturated heterocycles. The number of halogens is 1. The maximum atomic E-state index is 14.2. The lowest BCUT2D eigenvalue weighted by molar-refractivity contribution is -0.0783. The average molecular weight is 293 g/mol. The standard InChI is InChI=1S/C17H24FNO2/c1-13-4-5-15(18)14(12-13)16(20)17(6-2-3-7-17)19-8-10-21-11-9-19/h4-5,12,16,20H,2-3,6-11H2,1H3. The lowest BCUT2D eigenvalue weighted by Crippen LogP contribution is -2.55. The van der Waals surface area contributed by atoms with Crippen LogP contribution in [0.2, 0.25) is 0 Å². The van der Waals surface area contributed by atoms with Gasteiger partial charge < -0.3 is 9.84 Å². The van der Waals surface area contributed by atoms with Gasteiger partial charge in [-0.05, 0) is 25.8 Å². The van der Waals surface area contributed by atoms with Crippen molar-refractivity contribution in [1.82, 2.24) is 4.90 Å². The topological polar surface area (TPSA) is 32.7 Å². The molecule has 1 aliphatic heterocycles. The summed E-state index contributed by atoms with van der Waals surface area (Å²) < 4.78 is 19.6. The molecule has 4 heteroatoms. The lowest BCUT2D eigenvalue weighted by atomic mass is 9.83. The molecule has 3 rings (SSSR count). The van der Waals surface area contributed by atoms with Crippen LogP contribution in [0, 0.1) is 12.7 Å². The van der Waals surface area contributed by atoms with Gasteiger partial charge in [-0.2, -0.15) is 0 Å². The number of benzene rings is 1. The van der Waals surface area contributed by atoms with Gasteiger partial charge in [-0.1, -0.05) is 30.5 Å². The number of hydrogen-bond donors (Lipinski definition) is 1. The predicted molar refractivity (Wildman–Crippen MR) is 79.7 cm³/mol. The van der Waals surface area contributed by atoms with Crippen LogP contribution in [0.25, 0.3) is 0 Å². The van der Waals surface area contributed by atoms with E-state index >= 15 is 0 Å². The molecule has 1 aliphatic carbocycles. The van der Waals surface area contributed by atoms with Crippen LogP contribution in [0.4, 0.5) is 4.39 Å². The number of morpholine rings is 1. The number of aryl methyl sites for hydroxylation is 1. The molecule has 3 nitrogen and oxygen atoms in total. The summed E-state index contributed by atoms with van der Waals surface area (Å²) >= 11 is 0. The molecule has 0 spiro atoms. The Morgan fingerprint density at radius 2 is 1.90 bits per heavy atom. The third-order valence-corrected chi connectivity index (χ3v) is 5.07. The first-order valence-electron chi connectivity index (χ1n) is 7.90. The molecule has 0 bridgehead atoms. The largest absolute Gasteiger partial charge is 0.386 e. The van der Waals surface area contributed by atoms with Crippen LogP contribution in [0.15, 0.2) is 18.2 Å². The van der Waals surface area contributed by atoms with Gasteiger partial charge in [-0.25, -0.2) is 4.39 Å². The summed E-state index contributed by atoms with van der Waals surface area (Å²) in [5.41, 5.74) is 1.11. The van der Waals surface area contributed by atoms with Gasteiger partial charge in [0.25, 0.3) is 0 Å². The average Bonchev–Trinajstić information content (AvgIpc) is 3.01. The third kappa shape index (κ3) is 2.72. The SMILES string of the molecule is Cc1ccc(F)c(C(O)C2(N3CCOCC3)CCCC2)c1. The quantitative estimate of drug-likeness (QED) is 0.930. The van der Waals surface area contributed by atoms with E-state index in [1.54, 1.807) is 12.1 Å². The highest BCUT2D eigenvalue weighted by Crippen LogP contribution is 2.45. The Balaban J connectivity index is 1.94. The van der Waals surface area contributed by atoms with Crippen molar-refractivity contribution in [3.05, 3.63) is 35.1 Å². The Morgan fingerprint density at radius 1 is 1.24 bits per heavy atom. The molecule has 116 valence electrons. The van der Waals surface area contributed by atoms with Crippen LogP contribution in [0.5, 0.6) is 0 Å². The van der Waals surface area contributed by atoms with Crippen LogP contribution in [-0.4, -0.2) is 41.8 Å². The Hall–Kier alpha value is -0.970. The molecule has 1 unspecified atom stereocenters. The minimum Gasteiger partial charge on any atom is -0.386 e. The molecule has 2 aliphatic rings. The molecule has 0 aromatic heterocycles. The summed E-state index contributed by atoms with van der Waals surface area (Å²) in [6, 6.07) is 5.01. The van der Waals surface area contributed by atoms with Gasteiger partial charge in [0.15, 0.2) is 0 Å². The maximum absolute atomic E-state index is 14.2. The van der Waals surface area contributed by atoms with E-state index < -0.39 is 6.10 Å². The molecular formula is C17H24FNO2. The van der Waals surface area contributed by atoms with Gasteiger partial charge in [0.2, 0.25) is 0 Å². The zero-order chi connectivity index (χ0) is 14.9. The Labute approximate surface area is 125 Å². The summed E-state index contributed by atoms with van der Waals surface area (Å²) in [6.07, 6.45) is 3.30. The van der Waals surface area contributed by atoms with Crippen molar-refractivity contribution in [2.24, 2.45) is 0 Å². The Morgan fingerprint density at radius 3 is 2.57 bits per heavy atom. The first-order chi connectivity index (χ1) is 10.1. The van der Waals surface area contributed by atoms with Gasteiger partial charge in [0, 0.05) is 18.7 Å². The van der Waals surface area contributed by atoms with E-state index in [1.165, 1.54) is 6.07 Å². The summed E-state index contributed by atoms with van der Waals surface area (Å²) in [6.45, 7) is 4.98. The van der Waals surface area contributed by atoms with Crippen molar-refractivity contribution in [3.8, 4) is 0 Å². The van der Waals surface area contributed by atoms with Crippen LogP contribution in [0.1, 0.15) is 42.9 Å². The van der Waals surface area contributed by atoms with Gasteiger partial charge in [0.05, 0.1) is 18.8 Å². The van der Waals surface area contributed by atoms with Crippen molar-refractivity contribution in [2.75, 3.05) is 26.3 Å². The van der Waals surface area contributed by atoms with E-state index in [0.29, 0.717) is 18.8 Å². The second kappa shape index (κ2) is 6.03. The molecular weight excluding hydrogens is 269 g/mol. The Kier molecular flexibility index (Phi) is 4.29. The number of hydrogen-bond acceptors (Lipinski definition) is 3. The van der Waals surface area contributed by atoms with Crippen molar-refractivity contribution >= 4 is 0 Å². The molecule has 1 heterocycles. The fourth-order valence-corrected chi connectivity index (χ4v) is 3.92. The first-order valence-corrected chi connectivity index (χ1v) is 7.90. The summed E-state index contributed by atoms with van der Waals surface area (Å²) in [4.78, 5) is 2.33. The molecule has 0 amide bonds. The van der Waals surface area contributed by atoms with E-state index in [0.717, 1.165) is 44.3 Å². The molecule has 1 aromatic rings. The molecule has 2 fully saturated rings. The second-order valence-corrected chi connectivity index (χ2v) is 6.34. The first kappa shape index (κ1) is 14.9.